The van der Waals surface area contributed by atoms with Crippen molar-refractivity contribution in [2.24, 2.45) is 10.7 Å². The summed E-state index contributed by atoms with van der Waals surface area (Å²) >= 11 is 1.39. The zero-order valence-corrected chi connectivity index (χ0v) is 15.8. The van der Waals surface area contributed by atoms with Crippen LogP contribution >= 0.6 is 11.8 Å². The molecule has 2 aromatic rings. The van der Waals surface area contributed by atoms with Gasteiger partial charge in [-0.05, 0) is 25.5 Å². The number of amidine groups is 1. The first-order valence-corrected chi connectivity index (χ1v) is 9.66. The van der Waals surface area contributed by atoms with E-state index in [2.05, 4.69) is 11.9 Å². The van der Waals surface area contributed by atoms with Crippen molar-refractivity contribution in [3.8, 4) is 5.75 Å². The molecule has 0 bridgehead atoms. The van der Waals surface area contributed by atoms with Crippen molar-refractivity contribution in [3.05, 3.63) is 65.0 Å². The van der Waals surface area contributed by atoms with Gasteiger partial charge in [-0.2, -0.15) is 0 Å². The third-order valence-electron chi connectivity index (χ3n) is 4.21. The standard InChI is InChI=1S/C20H23FN2O2S/c1-3-13(2)23-20(22)26-12-16-10-17(21)9-15-11-24-19(25-18(15)16)14-7-5-4-6-8-14/h4-10,13,19H,3,11-12H2,1-2H3,(H2,22,23)/t13-,19+/m0/s1. The molecule has 1 aliphatic heterocycles. The first kappa shape index (κ1) is 18.7. The number of hydrogen-bond acceptors (Lipinski definition) is 4. The van der Waals surface area contributed by atoms with E-state index in [9.17, 15) is 4.39 Å². The molecule has 1 aliphatic rings. The van der Waals surface area contributed by atoms with Gasteiger partial charge in [-0.25, -0.2) is 4.39 Å². The molecule has 26 heavy (non-hydrogen) atoms. The molecule has 6 heteroatoms. The molecule has 2 N–H and O–H groups in total. The van der Waals surface area contributed by atoms with Crippen molar-refractivity contribution in [1.82, 2.24) is 0 Å². The largest absolute Gasteiger partial charge is 0.460 e. The maximum absolute atomic E-state index is 14.0. The van der Waals surface area contributed by atoms with E-state index >= 15 is 0 Å². The summed E-state index contributed by atoms with van der Waals surface area (Å²) in [4.78, 5) is 4.41. The van der Waals surface area contributed by atoms with Gasteiger partial charge in [0.25, 0.3) is 0 Å². The molecule has 0 saturated carbocycles. The number of benzene rings is 2. The zero-order valence-electron chi connectivity index (χ0n) is 14.9. The summed E-state index contributed by atoms with van der Waals surface area (Å²) in [5.41, 5.74) is 8.39. The number of hydrogen-bond donors (Lipinski definition) is 1. The first-order valence-electron chi connectivity index (χ1n) is 8.67. The Balaban J connectivity index is 1.80. The molecule has 0 saturated heterocycles. The number of fused-ring (bicyclic) bond motifs is 1. The van der Waals surface area contributed by atoms with Gasteiger partial charge in [0.2, 0.25) is 6.29 Å². The lowest BCUT2D eigenvalue weighted by molar-refractivity contribution is -0.112. The number of ether oxygens (including phenoxy) is 2. The summed E-state index contributed by atoms with van der Waals surface area (Å²) in [7, 11) is 0. The van der Waals surface area contributed by atoms with Crippen LogP contribution in [0.4, 0.5) is 4.39 Å². The van der Waals surface area contributed by atoms with Crippen molar-refractivity contribution in [2.75, 3.05) is 0 Å². The van der Waals surface area contributed by atoms with Crippen LogP contribution in [0.25, 0.3) is 0 Å². The van der Waals surface area contributed by atoms with Crippen LogP contribution in [0, 0.1) is 5.82 Å². The SMILES string of the molecule is CC[C@H](C)N=C(N)SCc1cc(F)cc2c1O[C@H](c1ccccc1)OC2. The monoisotopic (exact) mass is 374 g/mol. The minimum atomic E-state index is -0.496. The van der Waals surface area contributed by atoms with Crippen molar-refractivity contribution in [2.45, 2.75) is 45.0 Å². The van der Waals surface area contributed by atoms with E-state index in [1.54, 1.807) is 0 Å². The van der Waals surface area contributed by atoms with Crippen LogP contribution in [-0.2, 0) is 17.1 Å². The smallest absolute Gasteiger partial charge is 0.227 e. The van der Waals surface area contributed by atoms with Crippen molar-refractivity contribution in [3.63, 3.8) is 0 Å². The highest BCUT2D eigenvalue weighted by atomic mass is 32.2. The highest BCUT2D eigenvalue weighted by Gasteiger charge is 2.25. The zero-order chi connectivity index (χ0) is 18.5. The average molecular weight is 374 g/mol. The molecular formula is C20H23FN2O2S. The Kier molecular flexibility index (Phi) is 6.16. The van der Waals surface area contributed by atoms with Crippen LogP contribution < -0.4 is 10.5 Å². The highest BCUT2D eigenvalue weighted by Crippen LogP contribution is 2.37. The summed E-state index contributed by atoms with van der Waals surface area (Å²) in [5, 5.41) is 0.504. The molecule has 0 fully saturated rings. The number of aliphatic imine (C=N–C) groups is 1. The van der Waals surface area contributed by atoms with E-state index in [1.807, 2.05) is 37.3 Å². The Hall–Kier alpha value is -2.05. The van der Waals surface area contributed by atoms with E-state index in [1.165, 1.54) is 23.9 Å². The van der Waals surface area contributed by atoms with Gasteiger partial charge in [0.1, 0.15) is 11.6 Å². The Bertz CT molecular complexity index is 783. The lowest BCUT2D eigenvalue weighted by Crippen LogP contribution is -2.19. The summed E-state index contributed by atoms with van der Waals surface area (Å²) in [6, 6.07) is 12.8. The van der Waals surface area contributed by atoms with Crippen molar-refractivity contribution in [1.29, 1.82) is 0 Å². The minimum absolute atomic E-state index is 0.177. The van der Waals surface area contributed by atoms with Gasteiger partial charge in [-0.3, -0.25) is 4.99 Å². The normalized spacial score (nSPS) is 18.1. The fourth-order valence-corrected chi connectivity index (χ4v) is 3.43. The van der Waals surface area contributed by atoms with Crippen LogP contribution in [0.2, 0.25) is 0 Å². The van der Waals surface area contributed by atoms with Crippen LogP contribution in [0.1, 0.15) is 43.2 Å². The third-order valence-corrected chi connectivity index (χ3v) is 5.06. The minimum Gasteiger partial charge on any atom is -0.460 e. The van der Waals surface area contributed by atoms with E-state index in [0.29, 0.717) is 28.8 Å². The van der Waals surface area contributed by atoms with Crippen LogP contribution in [-0.4, -0.2) is 11.2 Å². The second kappa shape index (κ2) is 8.56. The van der Waals surface area contributed by atoms with Gasteiger partial charge in [0.05, 0.1) is 6.61 Å². The lowest BCUT2D eigenvalue weighted by Gasteiger charge is -2.28. The molecule has 138 valence electrons. The van der Waals surface area contributed by atoms with Gasteiger partial charge in [0.15, 0.2) is 5.17 Å². The molecule has 0 aliphatic carbocycles. The highest BCUT2D eigenvalue weighted by molar-refractivity contribution is 8.13. The molecular weight excluding hydrogens is 351 g/mol. The molecule has 0 amide bonds. The molecule has 2 aromatic carbocycles. The number of thioether (sulfide) groups is 1. The third kappa shape index (κ3) is 4.56. The fraction of sp³-hybridized carbons (Fsp3) is 0.350. The van der Waals surface area contributed by atoms with Gasteiger partial charge in [0, 0.05) is 28.5 Å². The second-order valence-electron chi connectivity index (χ2n) is 6.24. The number of nitrogens with two attached hydrogens (primary N) is 1. The van der Waals surface area contributed by atoms with E-state index < -0.39 is 6.29 Å². The van der Waals surface area contributed by atoms with Crippen molar-refractivity contribution >= 4 is 16.9 Å². The summed E-state index contributed by atoms with van der Waals surface area (Å²) in [6.07, 6.45) is 0.430. The molecule has 1 heterocycles. The van der Waals surface area contributed by atoms with E-state index in [0.717, 1.165) is 17.5 Å². The quantitative estimate of drug-likeness (QED) is 0.604. The Morgan fingerprint density at radius 3 is 2.85 bits per heavy atom. The predicted octanol–water partition coefficient (Wildman–Crippen LogP) is 4.78. The van der Waals surface area contributed by atoms with Gasteiger partial charge < -0.3 is 15.2 Å². The molecule has 0 radical (unpaired) electrons. The first-order chi connectivity index (χ1) is 12.6. The van der Waals surface area contributed by atoms with Gasteiger partial charge >= 0.3 is 0 Å². The summed E-state index contributed by atoms with van der Waals surface area (Å²) < 4.78 is 25.8. The predicted molar refractivity (Wildman–Crippen MR) is 104 cm³/mol. The number of nitrogens with zero attached hydrogens (tertiary/aromatic N) is 1. The maximum Gasteiger partial charge on any atom is 0.227 e. The van der Waals surface area contributed by atoms with Crippen LogP contribution in [0.15, 0.2) is 47.5 Å². The number of halogens is 1. The topological polar surface area (TPSA) is 56.8 Å². The Morgan fingerprint density at radius 1 is 1.35 bits per heavy atom. The number of rotatable bonds is 5. The van der Waals surface area contributed by atoms with Gasteiger partial charge in [-0.1, -0.05) is 49.0 Å². The fourth-order valence-electron chi connectivity index (χ4n) is 2.66. The maximum atomic E-state index is 14.0. The van der Waals surface area contributed by atoms with Gasteiger partial charge in [-0.15, -0.1) is 0 Å². The van der Waals surface area contributed by atoms with Crippen LogP contribution in [0.3, 0.4) is 0 Å². The summed E-state index contributed by atoms with van der Waals surface area (Å²) in [6.45, 7) is 4.38. The second-order valence-corrected chi connectivity index (χ2v) is 7.23. The van der Waals surface area contributed by atoms with E-state index in [4.69, 9.17) is 15.2 Å². The van der Waals surface area contributed by atoms with Crippen LogP contribution in [0.5, 0.6) is 5.75 Å². The molecule has 0 spiro atoms. The molecule has 2 atom stereocenters. The Labute approximate surface area is 157 Å². The molecule has 0 unspecified atom stereocenters. The molecule has 4 nitrogen and oxygen atoms in total. The molecule has 3 rings (SSSR count). The Morgan fingerprint density at radius 2 is 2.12 bits per heavy atom. The average Bonchev–Trinajstić information content (AvgIpc) is 2.66. The lowest BCUT2D eigenvalue weighted by atomic mass is 10.1. The summed E-state index contributed by atoms with van der Waals surface area (Å²) in [5.74, 6) is 0.866. The molecule has 0 aromatic heterocycles. The van der Waals surface area contributed by atoms with E-state index in [-0.39, 0.29) is 11.9 Å². The van der Waals surface area contributed by atoms with Crippen molar-refractivity contribution < 1.29 is 13.9 Å².